The summed E-state index contributed by atoms with van der Waals surface area (Å²) >= 11 is 8.13. The van der Waals surface area contributed by atoms with Crippen LogP contribution in [0, 0.1) is 0 Å². The minimum Gasteiger partial charge on any atom is -0.342 e. The van der Waals surface area contributed by atoms with Gasteiger partial charge in [0.15, 0.2) is 0 Å². The van der Waals surface area contributed by atoms with Gasteiger partial charge in [0, 0.05) is 5.66 Å². The fourth-order valence-corrected chi connectivity index (χ4v) is 3.74. The van der Waals surface area contributed by atoms with E-state index in [1.165, 1.54) is 0 Å². The van der Waals surface area contributed by atoms with E-state index in [4.69, 9.17) is 0 Å². The molecule has 0 rings (SSSR count). The predicted molar refractivity (Wildman–Crippen MR) is 49.3 cm³/mol. The van der Waals surface area contributed by atoms with Gasteiger partial charge in [-0.1, -0.05) is 18.2 Å². The van der Waals surface area contributed by atoms with E-state index in [0.29, 0.717) is 0 Å². The second-order valence-corrected chi connectivity index (χ2v) is 7.82. The van der Waals surface area contributed by atoms with Crippen molar-refractivity contribution in [3.05, 3.63) is 0 Å². The molecule has 60 valence electrons. The van der Waals surface area contributed by atoms with Gasteiger partial charge in [-0.25, -0.2) is 0 Å². The maximum absolute atomic E-state index is 10.4. The molecular formula is C3H9O3P2S2+. The lowest BCUT2D eigenvalue weighted by atomic mass is 10.6. The molecule has 0 spiro atoms. The van der Waals surface area contributed by atoms with E-state index >= 15 is 0 Å². The van der Waals surface area contributed by atoms with Gasteiger partial charge >= 0.3 is 7.23 Å². The summed E-state index contributed by atoms with van der Waals surface area (Å²) in [7, 11) is -2.08. The van der Waals surface area contributed by atoms with Gasteiger partial charge in [-0.05, 0) is 16.4 Å². The fraction of sp³-hybridized carbons (Fsp3) is 1.00. The molecule has 10 heavy (non-hydrogen) atoms. The molecule has 0 amide bonds. The Kier molecular flexibility index (Phi) is 4.57. The van der Waals surface area contributed by atoms with Crippen LogP contribution >= 0.6 is 26.0 Å². The highest BCUT2D eigenvalue weighted by Gasteiger charge is 2.29. The van der Waals surface area contributed by atoms with Crippen molar-refractivity contribution >= 4 is 37.8 Å². The predicted octanol–water partition coefficient (Wildman–Crippen LogP) is 2.30. The summed E-state index contributed by atoms with van der Waals surface area (Å²) in [5.74, 6) is 0. The molecule has 3 nitrogen and oxygen atoms in total. The van der Waals surface area contributed by atoms with Crippen LogP contribution in [0.4, 0.5) is 0 Å². The molecule has 0 aromatic heterocycles. The summed E-state index contributed by atoms with van der Waals surface area (Å²) in [5, 5.41) is 0. The lowest BCUT2D eigenvalue weighted by Gasteiger charge is -2.09. The molecule has 7 heteroatoms. The highest BCUT2D eigenvalue weighted by Crippen LogP contribution is 2.56. The maximum atomic E-state index is 10.4. The van der Waals surface area contributed by atoms with E-state index in [0.717, 1.165) is 0 Å². The summed E-state index contributed by atoms with van der Waals surface area (Å²) < 4.78 is 14.9. The van der Waals surface area contributed by atoms with Crippen LogP contribution in [0.3, 0.4) is 0 Å². The van der Waals surface area contributed by atoms with Gasteiger partial charge in [-0.15, -0.1) is 0 Å². The summed E-state index contributed by atoms with van der Waals surface area (Å²) in [6, 6.07) is 0. The Hall–Kier alpha value is 1.02. The van der Waals surface area contributed by atoms with Crippen LogP contribution in [0.1, 0.15) is 13.8 Å². The molecule has 1 N–H and O–H groups in total. The number of thiol groups is 1. The van der Waals surface area contributed by atoms with E-state index in [1.807, 2.05) is 0 Å². The van der Waals surface area contributed by atoms with Crippen LogP contribution in [0.5, 0.6) is 0 Å². The van der Waals surface area contributed by atoms with E-state index in [1.54, 1.807) is 13.8 Å². The first-order valence-electron chi connectivity index (χ1n) is 2.54. The van der Waals surface area contributed by atoms with Gasteiger partial charge in [0.05, 0.1) is 0 Å². The molecule has 0 aromatic rings. The van der Waals surface area contributed by atoms with Crippen LogP contribution in [0.25, 0.3) is 0 Å². The lowest BCUT2D eigenvalue weighted by Crippen LogP contribution is -1.95. The van der Waals surface area contributed by atoms with E-state index in [9.17, 15) is 9.46 Å². The SMILES string of the molecule is CC(C)P(O)(=S)O[P+](=O)S. The Morgan fingerprint density at radius 3 is 2.30 bits per heavy atom. The van der Waals surface area contributed by atoms with Crippen LogP contribution in [-0.2, 0) is 20.7 Å². The third-order valence-electron chi connectivity index (χ3n) is 0.839. The fourth-order valence-electron chi connectivity index (χ4n) is 0.194. The normalized spacial score (nSPS) is 18.7. The van der Waals surface area contributed by atoms with Gasteiger partial charge < -0.3 is 4.89 Å². The number of rotatable bonds is 3. The smallest absolute Gasteiger partial charge is 0.342 e. The van der Waals surface area contributed by atoms with Crippen molar-refractivity contribution in [2.24, 2.45) is 0 Å². The Balaban J connectivity index is 4.14. The summed E-state index contributed by atoms with van der Waals surface area (Å²) in [5.41, 5.74) is -0.173. The molecule has 0 fully saturated rings. The van der Waals surface area contributed by atoms with Crippen molar-refractivity contribution in [3.8, 4) is 0 Å². The van der Waals surface area contributed by atoms with Crippen molar-refractivity contribution in [1.82, 2.24) is 0 Å². The van der Waals surface area contributed by atoms with Gasteiger partial charge in [0.2, 0.25) is 6.49 Å². The Labute approximate surface area is 71.4 Å². The molecule has 2 unspecified atom stereocenters. The molecule has 0 aliphatic carbocycles. The third kappa shape index (κ3) is 4.02. The minimum absolute atomic E-state index is 0.173. The molecule has 2 atom stereocenters. The Morgan fingerprint density at radius 2 is 2.20 bits per heavy atom. The molecule has 0 aromatic carbocycles. The first-order valence-corrected chi connectivity index (χ1v) is 7.62. The van der Waals surface area contributed by atoms with Gasteiger partial charge in [0.1, 0.15) is 12.2 Å². The molecular weight excluding hydrogens is 210 g/mol. The van der Waals surface area contributed by atoms with Crippen molar-refractivity contribution < 1.29 is 13.8 Å². The highest BCUT2D eigenvalue weighted by atomic mass is 32.7. The number of hydrogen-bond donors (Lipinski definition) is 2. The Morgan fingerprint density at radius 1 is 1.80 bits per heavy atom. The second kappa shape index (κ2) is 4.15. The van der Waals surface area contributed by atoms with Gasteiger partial charge in [-0.3, -0.25) is 0 Å². The summed E-state index contributed by atoms with van der Waals surface area (Å²) in [4.78, 5) is 9.23. The van der Waals surface area contributed by atoms with E-state index in [2.05, 4.69) is 28.4 Å². The zero-order valence-corrected chi connectivity index (χ0v) is 9.09. The van der Waals surface area contributed by atoms with Crippen molar-refractivity contribution in [2.45, 2.75) is 19.5 Å². The van der Waals surface area contributed by atoms with Crippen molar-refractivity contribution in [1.29, 1.82) is 0 Å². The van der Waals surface area contributed by atoms with E-state index in [-0.39, 0.29) is 5.66 Å². The monoisotopic (exact) mass is 219 g/mol. The van der Waals surface area contributed by atoms with Crippen LogP contribution in [-0.4, -0.2) is 10.6 Å². The quantitative estimate of drug-likeness (QED) is 0.564. The van der Waals surface area contributed by atoms with Crippen LogP contribution in [0.15, 0.2) is 0 Å². The highest BCUT2D eigenvalue weighted by molar-refractivity contribution is 8.40. The maximum Gasteiger partial charge on any atom is 0.588 e. The lowest BCUT2D eigenvalue weighted by molar-refractivity contribution is 0.473. The summed E-state index contributed by atoms with van der Waals surface area (Å²) in [6.07, 6.45) is 0. The second-order valence-electron chi connectivity index (χ2n) is 1.98. The minimum atomic E-state index is -2.85. The van der Waals surface area contributed by atoms with Crippen LogP contribution in [0.2, 0.25) is 0 Å². The molecule has 0 saturated carbocycles. The molecule has 0 bridgehead atoms. The zero-order chi connectivity index (χ0) is 8.36. The zero-order valence-electron chi connectivity index (χ0n) is 5.59. The van der Waals surface area contributed by atoms with Gasteiger partial charge in [0.25, 0.3) is 0 Å². The third-order valence-corrected chi connectivity index (χ3v) is 6.16. The molecule has 0 radical (unpaired) electrons. The summed E-state index contributed by atoms with van der Waals surface area (Å²) in [6.45, 7) is 0.584. The van der Waals surface area contributed by atoms with Crippen LogP contribution < -0.4 is 0 Å². The number of hydrogen-bond acceptors (Lipinski definition) is 3. The van der Waals surface area contributed by atoms with Crippen molar-refractivity contribution in [3.63, 3.8) is 0 Å². The first kappa shape index (κ1) is 11.0. The molecule has 0 aliphatic heterocycles. The average molecular weight is 219 g/mol. The van der Waals surface area contributed by atoms with Gasteiger partial charge in [-0.2, -0.15) is 0 Å². The largest absolute Gasteiger partial charge is 0.588 e. The van der Waals surface area contributed by atoms with E-state index < -0.39 is 13.7 Å². The molecule has 0 aliphatic rings. The Bertz CT molecular complexity index is 181. The van der Waals surface area contributed by atoms with Crippen molar-refractivity contribution in [2.75, 3.05) is 0 Å². The topological polar surface area (TPSA) is 46.5 Å². The average Bonchev–Trinajstić information content (AvgIpc) is 1.60. The standard InChI is InChI=1S/C3H8O3P2S2/c1-3(2)8(5,10)6-7(4)9/h3H,1-2H3,(H-,4,5,9,10)/p+1. The first-order chi connectivity index (χ1) is 4.36. The molecule has 0 saturated heterocycles. The molecule has 0 heterocycles.